The van der Waals surface area contributed by atoms with E-state index in [1.54, 1.807) is 27.5 Å². The average molecular weight is 392 g/mol. The van der Waals surface area contributed by atoms with Gasteiger partial charge in [-0.2, -0.15) is 5.10 Å². The van der Waals surface area contributed by atoms with Gasteiger partial charge in [-0.1, -0.05) is 42.1 Å². The van der Waals surface area contributed by atoms with Crippen molar-refractivity contribution in [3.63, 3.8) is 0 Å². The summed E-state index contributed by atoms with van der Waals surface area (Å²) in [6.07, 6.45) is 3.71. The van der Waals surface area contributed by atoms with Crippen molar-refractivity contribution in [2.45, 2.75) is 17.5 Å². The molecule has 6 nitrogen and oxygen atoms in total. The Morgan fingerprint density at radius 3 is 2.75 bits per heavy atom. The molecule has 0 aliphatic heterocycles. The molecule has 0 fully saturated rings. The number of benzene rings is 2. The lowest BCUT2D eigenvalue weighted by atomic mass is 10.1. The van der Waals surface area contributed by atoms with Crippen molar-refractivity contribution in [1.29, 1.82) is 0 Å². The van der Waals surface area contributed by atoms with E-state index in [9.17, 15) is 4.79 Å². The lowest BCUT2D eigenvalue weighted by Gasteiger charge is -2.18. The number of nitrogens with one attached hydrogen (secondary N) is 1. The SMILES string of the molecule is CN(Cc1cnn(C)c1)C(=O)c1ccccc1CSc1nc2ccccc2[nH]1. The quantitative estimate of drug-likeness (QED) is 0.507. The summed E-state index contributed by atoms with van der Waals surface area (Å²) in [6.45, 7) is 0.526. The number of carbonyl (C=O) groups excluding carboxylic acids is 1. The van der Waals surface area contributed by atoms with Crippen LogP contribution in [-0.4, -0.2) is 37.6 Å². The Labute approximate surface area is 167 Å². The molecule has 2 aromatic heterocycles. The van der Waals surface area contributed by atoms with Crippen molar-refractivity contribution in [3.05, 3.63) is 77.6 Å². The van der Waals surface area contributed by atoms with Crippen LogP contribution in [0.4, 0.5) is 0 Å². The molecule has 142 valence electrons. The van der Waals surface area contributed by atoms with Crippen LogP contribution in [0.15, 0.2) is 66.1 Å². The van der Waals surface area contributed by atoms with Crippen LogP contribution in [0.1, 0.15) is 21.5 Å². The van der Waals surface area contributed by atoms with Gasteiger partial charge in [0.25, 0.3) is 5.91 Å². The highest BCUT2D eigenvalue weighted by Gasteiger charge is 2.17. The number of fused-ring (bicyclic) bond motifs is 1. The van der Waals surface area contributed by atoms with Crippen LogP contribution in [0.2, 0.25) is 0 Å². The molecule has 7 heteroatoms. The van der Waals surface area contributed by atoms with Crippen molar-refractivity contribution in [2.24, 2.45) is 7.05 Å². The number of carbonyl (C=O) groups is 1. The molecule has 0 saturated carbocycles. The fourth-order valence-corrected chi connectivity index (χ4v) is 3.99. The molecule has 4 rings (SSSR count). The zero-order valence-electron chi connectivity index (χ0n) is 15.8. The lowest BCUT2D eigenvalue weighted by molar-refractivity contribution is 0.0784. The first-order valence-electron chi connectivity index (χ1n) is 8.98. The molecule has 0 aliphatic rings. The summed E-state index contributed by atoms with van der Waals surface area (Å²) in [4.78, 5) is 22.6. The summed E-state index contributed by atoms with van der Waals surface area (Å²) in [6, 6.07) is 15.7. The van der Waals surface area contributed by atoms with Crippen LogP contribution in [-0.2, 0) is 19.3 Å². The molecule has 0 unspecified atom stereocenters. The topological polar surface area (TPSA) is 66.8 Å². The number of hydrogen-bond donors (Lipinski definition) is 1. The number of hydrogen-bond acceptors (Lipinski definition) is 4. The van der Waals surface area contributed by atoms with Gasteiger partial charge in [-0.15, -0.1) is 0 Å². The van der Waals surface area contributed by atoms with E-state index in [1.807, 2.05) is 68.8 Å². The molecule has 1 amide bonds. The maximum atomic E-state index is 13.0. The van der Waals surface area contributed by atoms with Gasteiger partial charge in [0.05, 0.1) is 17.2 Å². The van der Waals surface area contributed by atoms with Gasteiger partial charge in [0.2, 0.25) is 0 Å². The zero-order valence-corrected chi connectivity index (χ0v) is 16.6. The fraction of sp³-hybridized carbons (Fsp3) is 0.190. The van der Waals surface area contributed by atoms with Crippen LogP contribution in [0.25, 0.3) is 11.0 Å². The maximum absolute atomic E-state index is 13.0. The summed E-state index contributed by atoms with van der Waals surface area (Å²) in [5.74, 6) is 0.673. The summed E-state index contributed by atoms with van der Waals surface area (Å²) in [7, 11) is 3.69. The highest BCUT2D eigenvalue weighted by molar-refractivity contribution is 7.98. The van der Waals surface area contributed by atoms with Crippen LogP contribution < -0.4 is 0 Å². The Morgan fingerprint density at radius 2 is 1.96 bits per heavy atom. The van der Waals surface area contributed by atoms with Crippen molar-refractivity contribution in [3.8, 4) is 0 Å². The fourth-order valence-electron chi connectivity index (χ4n) is 3.10. The number of thioether (sulfide) groups is 1. The van der Waals surface area contributed by atoms with Crippen LogP contribution in [0.3, 0.4) is 0 Å². The molecule has 0 atom stereocenters. The number of para-hydroxylation sites is 2. The van der Waals surface area contributed by atoms with Gasteiger partial charge in [0.15, 0.2) is 5.16 Å². The number of amides is 1. The Morgan fingerprint density at radius 1 is 1.18 bits per heavy atom. The minimum Gasteiger partial charge on any atom is -0.337 e. The smallest absolute Gasteiger partial charge is 0.254 e. The van der Waals surface area contributed by atoms with Gasteiger partial charge in [-0.3, -0.25) is 9.48 Å². The molecule has 0 saturated heterocycles. The first-order chi connectivity index (χ1) is 13.6. The second-order valence-electron chi connectivity index (χ2n) is 6.69. The van der Waals surface area contributed by atoms with E-state index in [1.165, 1.54) is 0 Å². The highest BCUT2D eigenvalue weighted by atomic mass is 32.2. The third kappa shape index (κ3) is 3.94. The molecule has 0 aliphatic carbocycles. The number of aryl methyl sites for hydroxylation is 1. The molecule has 0 bridgehead atoms. The van der Waals surface area contributed by atoms with Gasteiger partial charge in [0.1, 0.15) is 0 Å². The molecule has 1 N–H and O–H groups in total. The minimum absolute atomic E-state index is 0.00431. The second kappa shape index (κ2) is 7.90. The Hall–Kier alpha value is -3.06. The zero-order chi connectivity index (χ0) is 19.5. The third-order valence-corrected chi connectivity index (χ3v) is 5.43. The highest BCUT2D eigenvalue weighted by Crippen LogP contribution is 2.25. The van der Waals surface area contributed by atoms with Crippen LogP contribution >= 0.6 is 11.8 Å². The van der Waals surface area contributed by atoms with Crippen molar-refractivity contribution < 1.29 is 4.79 Å². The lowest BCUT2D eigenvalue weighted by Crippen LogP contribution is -2.27. The predicted molar refractivity (Wildman–Crippen MR) is 111 cm³/mol. The van der Waals surface area contributed by atoms with E-state index in [4.69, 9.17) is 0 Å². The maximum Gasteiger partial charge on any atom is 0.254 e. The van der Waals surface area contributed by atoms with E-state index in [2.05, 4.69) is 15.1 Å². The Balaban J connectivity index is 1.48. The van der Waals surface area contributed by atoms with Gasteiger partial charge in [-0.05, 0) is 23.8 Å². The van der Waals surface area contributed by atoms with E-state index >= 15 is 0 Å². The molecular weight excluding hydrogens is 370 g/mol. The number of aromatic nitrogens is 4. The van der Waals surface area contributed by atoms with Crippen molar-refractivity contribution in [1.82, 2.24) is 24.6 Å². The van der Waals surface area contributed by atoms with Crippen LogP contribution in [0, 0.1) is 0 Å². The van der Waals surface area contributed by atoms with Crippen molar-refractivity contribution >= 4 is 28.7 Å². The predicted octanol–water partition coefficient (Wildman–Crippen LogP) is 3.86. The van der Waals surface area contributed by atoms with Gasteiger partial charge >= 0.3 is 0 Å². The van der Waals surface area contributed by atoms with E-state index in [0.717, 1.165) is 32.9 Å². The Kier molecular flexibility index (Phi) is 5.16. The summed E-state index contributed by atoms with van der Waals surface area (Å²) >= 11 is 1.60. The number of aromatic amines is 1. The van der Waals surface area contributed by atoms with Gasteiger partial charge in [0, 0.05) is 43.7 Å². The monoisotopic (exact) mass is 391 g/mol. The number of rotatable bonds is 6. The first kappa shape index (κ1) is 18.3. The molecule has 0 spiro atoms. The van der Waals surface area contributed by atoms with Gasteiger partial charge < -0.3 is 9.88 Å². The standard InChI is InChI=1S/C21H21N5OS/c1-25(12-15-11-22-26(2)13-15)20(27)17-8-4-3-7-16(17)14-28-21-23-18-9-5-6-10-19(18)24-21/h3-11,13H,12,14H2,1-2H3,(H,23,24). The average Bonchev–Trinajstić information content (AvgIpc) is 3.31. The van der Waals surface area contributed by atoms with Gasteiger partial charge in [-0.25, -0.2) is 4.98 Å². The normalized spacial score (nSPS) is 11.1. The van der Waals surface area contributed by atoms with E-state index in [-0.39, 0.29) is 5.91 Å². The summed E-state index contributed by atoms with van der Waals surface area (Å²) in [5, 5.41) is 5.02. The van der Waals surface area contributed by atoms with Crippen molar-refractivity contribution in [2.75, 3.05) is 7.05 Å². The van der Waals surface area contributed by atoms with E-state index in [0.29, 0.717) is 12.3 Å². The van der Waals surface area contributed by atoms with E-state index < -0.39 is 0 Å². The number of nitrogens with zero attached hydrogens (tertiary/aromatic N) is 4. The number of H-pyrrole nitrogens is 1. The number of imidazole rings is 1. The molecule has 4 aromatic rings. The minimum atomic E-state index is 0.00431. The van der Waals surface area contributed by atoms with Crippen LogP contribution in [0.5, 0.6) is 0 Å². The Bertz CT molecular complexity index is 1080. The first-order valence-corrected chi connectivity index (χ1v) is 9.97. The molecule has 2 aromatic carbocycles. The second-order valence-corrected chi connectivity index (χ2v) is 7.65. The third-order valence-electron chi connectivity index (χ3n) is 4.50. The molecular formula is C21H21N5OS. The summed E-state index contributed by atoms with van der Waals surface area (Å²) < 4.78 is 1.74. The molecule has 0 radical (unpaired) electrons. The summed E-state index contributed by atoms with van der Waals surface area (Å²) in [5.41, 5.74) is 4.69. The largest absolute Gasteiger partial charge is 0.337 e. The molecule has 2 heterocycles. The molecule has 28 heavy (non-hydrogen) atoms.